The predicted octanol–water partition coefficient (Wildman–Crippen LogP) is -0.985. The minimum absolute atomic E-state index is 0.228. The lowest BCUT2D eigenvalue weighted by Crippen LogP contribution is -2.67. The van der Waals surface area contributed by atoms with Crippen molar-refractivity contribution in [1.82, 2.24) is 5.32 Å². The maximum Gasteiger partial charge on any atom is 0.0689 e. The Morgan fingerprint density at radius 3 is 2.45 bits per heavy atom. The zero-order chi connectivity index (χ0) is 8.54. The molecule has 66 valence electrons. The minimum Gasteiger partial charge on any atom is -0.321 e. The van der Waals surface area contributed by atoms with Crippen LogP contribution in [0, 0.1) is 0 Å². The lowest BCUT2D eigenvalue weighted by molar-refractivity contribution is 0.291. The molecule has 0 bridgehead atoms. The van der Waals surface area contributed by atoms with Crippen LogP contribution in [0.5, 0.6) is 0 Å². The van der Waals surface area contributed by atoms with Crippen LogP contribution in [0.4, 0.5) is 0 Å². The minimum atomic E-state index is -1.97. The van der Waals surface area contributed by atoms with E-state index in [0.29, 0.717) is 6.54 Å². The molecule has 0 aliphatic carbocycles. The number of nitrogens with zero attached hydrogens (tertiary/aromatic N) is 1. The summed E-state index contributed by atoms with van der Waals surface area (Å²) < 4.78 is 15.1. The van der Waals surface area contributed by atoms with E-state index >= 15 is 0 Å². The van der Waals surface area contributed by atoms with Crippen molar-refractivity contribution in [2.75, 3.05) is 32.1 Å². The van der Waals surface area contributed by atoms with Crippen LogP contribution in [-0.4, -0.2) is 41.9 Å². The standard InChI is InChI=1S/C6H15N3OS/c1-11(2,10)9-5-6(7)3-8-4-6/h8H,3-5,7H2,1-2H3. The van der Waals surface area contributed by atoms with Gasteiger partial charge in [0.25, 0.3) is 0 Å². The van der Waals surface area contributed by atoms with E-state index in [1.165, 1.54) is 0 Å². The molecule has 0 aromatic rings. The molecule has 0 aromatic heterocycles. The second-order valence-corrected chi connectivity index (χ2v) is 6.06. The van der Waals surface area contributed by atoms with Crippen molar-refractivity contribution in [2.24, 2.45) is 10.1 Å². The first-order valence-electron chi connectivity index (χ1n) is 3.54. The second kappa shape index (κ2) is 2.73. The average Bonchev–Trinajstić information content (AvgIpc) is 1.77. The zero-order valence-electron chi connectivity index (χ0n) is 6.96. The average molecular weight is 177 g/mol. The number of hydrogen-bond acceptors (Lipinski definition) is 4. The van der Waals surface area contributed by atoms with Crippen LogP contribution in [0.2, 0.25) is 0 Å². The van der Waals surface area contributed by atoms with Gasteiger partial charge < -0.3 is 11.1 Å². The summed E-state index contributed by atoms with van der Waals surface area (Å²) in [5, 5.41) is 3.06. The van der Waals surface area contributed by atoms with E-state index < -0.39 is 9.73 Å². The molecule has 1 aliphatic heterocycles. The van der Waals surface area contributed by atoms with Crippen molar-refractivity contribution >= 4 is 9.73 Å². The Morgan fingerprint density at radius 1 is 1.64 bits per heavy atom. The lowest BCUT2D eigenvalue weighted by Gasteiger charge is -2.37. The Kier molecular flexibility index (Phi) is 2.22. The molecule has 1 aliphatic rings. The number of rotatable bonds is 2. The van der Waals surface area contributed by atoms with Gasteiger partial charge in [0.1, 0.15) is 0 Å². The highest BCUT2D eigenvalue weighted by atomic mass is 32.2. The van der Waals surface area contributed by atoms with Gasteiger partial charge in [-0.2, -0.15) is 0 Å². The molecule has 1 saturated heterocycles. The molecule has 0 amide bonds. The van der Waals surface area contributed by atoms with E-state index in [-0.39, 0.29) is 5.54 Å². The van der Waals surface area contributed by atoms with Crippen LogP contribution in [0.15, 0.2) is 4.36 Å². The maximum atomic E-state index is 11.1. The first-order chi connectivity index (χ1) is 4.91. The molecule has 1 rings (SSSR count). The first kappa shape index (κ1) is 8.96. The molecule has 1 fully saturated rings. The van der Waals surface area contributed by atoms with Gasteiger partial charge in [0.15, 0.2) is 0 Å². The maximum absolute atomic E-state index is 11.1. The van der Waals surface area contributed by atoms with Gasteiger partial charge in [-0.3, -0.25) is 4.21 Å². The van der Waals surface area contributed by atoms with Crippen molar-refractivity contribution in [3.8, 4) is 0 Å². The van der Waals surface area contributed by atoms with E-state index in [1.807, 2.05) is 0 Å². The first-order valence-corrected chi connectivity index (χ1v) is 5.87. The monoisotopic (exact) mass is 177 g/mol. The van der Waals surface area contributed by atoms with Gasteiger partial charge in [-0.1, -0.05) is 0 Å². The smallest absolute Gasteiger partial charge is 0.0689 e. The molecular formula is C6H15N3OS. The van der Waals surface area contributed by atoms with E-state index in [1.54, 1.807) is 12.5 Å². The van der Waals surface area contributed by atoms with Crippen LogP contribution in [-0.2, 0) is 9.73 Å². The van der Waals surface area contributed by atoms with E-state index in [4.69, 9.17) is 5.73 Å². The van der Waals surface area contributed by atoms with Crippen LogP contribution >= 0.6 is 0 Å². The molecule has 1 heterocycles. The third-order valence-electron chi connectivity index (χ3n) is 1.64. The summed E-state index contributed by atoms with van der Waals surface area (Å²) in [7, 11) is -1.97. The van der Waals surface area contributed by atoms with E-state index in [9.17, 15) is 4.21 Å². The van der Waals surface area contributed by atoms with E-state index in [0.717, 1.165) is 13.1 Å². The largest absolute Gasteiger partial charge is 0.321 e. The summed E-state index contributed by atoms with van der Waals surface area (Å²) in [4.78, 5) is 0. The Balaban J connectivity index is 2.50. The lowest BCUT2D eigenvalue weighted by atomic mass is 9.95. The third kappa shape index (κ3) is 2.76. The SMILES string of the molecule is CS(C)(=O)=NCC1(N)CNC1. The fourth-order valence-corrected chi connectivity index (χ4v) is 1.41. The quantitative estimate of drug-likeness (QED) is 0.569. The molecule has 0 unspecified atom stereocenters. The molecule has 0 radical (unpaired) electrons. The predicted molar refractivity (Wildman–Crippen MR) is 47.1 cm³/mol. The molecule has 4 nitrogen and oxygen atoms in total. The summed E-state index contributed by atoms with van der Waals surface area (Å²) in [5.41, 5.74) is 5.60. The Bertz CT molecular complexity index is 243. The molecular weight excluding hydrogens is 162 g/mol. The van der Waals surface area contributed by atoms with Crippen LogP contribution in [0.25, 0.3) is 0 Å². The topological polar surface area (TPSA) is 67.5 Å². The van der Waals surface area contributed by atoms with Gasteiger partial charge >= 0.3 is 0 Å². The summed E-state index contributed by atoms with van der Waals surface area (Å²) in [6.45, 7) is 2.07. The van der Waals surface area contributed by atoms with Crippen LogP contribution in [0.1, 0.15) is 0 Å². The number of nitrogens with one attached hydrogen (secondary N) is 1. The summed E-state index contributed by atoms with van der Waals surface area (Å²) in [6.07, 6.45) is 3.25. The van der Waals surface area contributed by atoms with E-state index in [2.05, 4.69) is 9.68 Å². The Labute approximate surface area is 67.7 Å². The van der Waals surface area contributed by atoms with Crippen molar-refractivity contribution in [1.29, 1.82) is 0 Å². The van der Waals surface area contributed by atoms with Gasteiger partial charge in [-0.25, -0.2) is 4.36 Å². The van der Waals surface area contributed by atoms with Crippen molar-refractivity contribution in [2.45, 2.75) is 5.54 Å². The highest BCUT2D eigenvalue weighted by Gasteiger charge is 2.31. The summed E-state index contributed by atoms with van der Waals surface area (Å²) in [6, 6.07) is 0. The number of nitrogens with two attached hydrogens (primary N) is 1. The fraction of sp³-hybridized carbons (Fsp3) is 1.00. The molecule has 0 atom stereocenters. The normalized spacial score (nSPS) is 22.5. The molecule has 0 saturated carbocycles. The van der Waals surface area contributed by atoms with Gasteiger partial charge in [-0.05, 0) is 0 Å². The van der Waals surface area contributed by atoms with Gasteiger partial charge in [0.05, 0.1) is 12.1 Å². The van der Waals surface area contributed by atoms with Gasteiger partial charge in [0, 0.05) is 35.3 Å². The van der Waals surface area contributed by atoms with Crippen molar-refractivity contribution in [3.63, 3.8) is 0 Å². The van der Waals surface area contributed by atoms with Crippen molar-refractivity contribution in [3.05, 3.63) is 0 Å². The van der Waals surface area contributed by atoms with Gasteiger partial charge in [-0.15, -0.1) is 0 Å². The number of hydrogen-bond donors (Lipinski definition) is 2. The van der Waals surface area contributed by atoms with Gasteiger partial charge in [0.2, 0.25) is 0 Å². The highest BCUT2D eigenvalue weighted by molar-refractivity contribution is 7.92. The summed E-state index contributed by atoms with van der Waals surface area (Å²) >= 11 is 0. The third-order valence-corrected chi connectivity index (χ3v) is 2.40. The second-order valence-electron chi connectivity index (χ2n) is 3.43. The Hall–Kier alpha value is -0.130. The van der Waals surface area contributed by atoms with Crippen LogP contribution in [0.3, 0.4) is 0 Å². The summed E-state index contributed by atoms with van der Waals surface area (Å²) in [5.74, 6) is 0. The van der Waals surface area contributed by atoms with Crippen molar-refractivity contribution < 1.29 is 4.21 Å². The Morgan fingerprint density at radius 2 is 2.18 bits per heavy atom. The molecule has 11 heavy (non-hydrogen) atoms. The molecule has 0 spiro atoms. The molecule has 3 N–H and O–H groups in total. The molecule has 0 aromatic carbocycles. The zero-order valence-corrected chi connectivity index (χ0v) is 7.78. The molecule has 5 heteroatoms. The highest BCUT2D eigenvalue weighted by Crippen LogP contribution is 2.07. The fourth-order valence-electron chi connectivity index (χ4n) is 0.842. The van der Waals surface area contributed by atoms with Crippen LogP contribution < -0.4 is 11.1 Å².